The Balaban J connectivity index is 1.95. The van der Waals surface area contributed by atoms with Gasteiger partial charge in [0.2, 0.25) is 0 Å². The van der Waals surface area contributed by atoms with Crippen LogP contribution in [-0.2, 0) is 4.74 Å². The lowest BCUT2D eigenvalue weighted by Crippen LogP contribution is -2.36. The zero-order chi connectivity index (χ0) is 10.1. The molecule has 2 aromatic rings. The molecule has 6 heteroatoms. The third-order valence-electron chi connectivity index (χ3n) is 2.48. The minimum absolute atomic E-state index is 0.766. The monoisotopic (exact) mass is 205 g/mol. The SMILES string of the molecule is c1cc2nncn2nc1N1CCOCC1. The first kappa shape index (κ1) is 8.60. The molecule has 1 fully saturated rings. The van der Waals surface area contributed by atoms with Gasteiger partial charge in [0.25, 0.3) is 0 Å². The third-order valence-corrected chi connectivity index (χ3v) is 2.48. The fourth-order valence-corrected chi connectivity index (χ4v) is 1.68. The highest BCUT2D eigenvalue weighted by atomic mass is 16.5. The predicted octanol–water partition coefficient (Wildman–Crippen LogP) is -0.0391. The Labute approximate surface area is 86.5 Å². The summed E-state index contributed by atoms with van der Waals surface area (Å²) in [6, 6.07) is 3.89. The van der Waals surface area contributed by atoms with E-state index in [9.17, 15) is 0 Å². The fraction of sp³-hybridized carbons (Fsp3) is 0.444. The Kier molecular flexibility index (Phi) is 1.99. The average Bonchev–Trinajstić information content (AvgIpc) is 2.77. The van der Waals surface area contributed by atoms with Crippen LogP contribution in [0.4, 0.5) is 5.82 Å². The van der Waals surface area contributed by atoms with Crippen LogP contribution in [0.25, 0.3) is 5.65 Å². The molecule has 0 aliphatic carbocycles. The number of anilines is 1. The Hall–Kier alpha value is -1.69. The van der Waals surface area contributed by atoms with E-state index >= 15 is 0 Å². The number of hydrogen-bond acceptors (Lipinski definition) is 5. The van der Waals surface area contributed by atoms with Crippen molar-refractivity contribution < 1.29 is 4.74 Å². The van der Waals surface area contributed by atoms with Gasteiger partial charge in [0.15, 0.2) is 5.65 Å². The normalized spacial score (nSPS) is 17.2. The second-order valence-electron chi connectivity index (χ2n) is 3.42. The van der Waals surface area contributed by atoms with E-state index in [4.69, 9.17) is 4.74 Å². The molecule has 0 spiro atoms. The summed E-state index contributed by atoms with van der Waals surface area (Å²) in [4.78, 5) is 2.20. The molecule has 1 saturated heterocycles. The smallest absolute Gasteiger partial charge is 0.177 e. The fourth-order valence-electron chi connectivity index (χ4n) is 1.68. The quantitative estimate of drug-likeness (QED) is 0.654. The zero-order valence-electron chi connectivity index (χ0n) is 8.20. The lowest BCUT2D eigenvalue weighted by Gasteiger charge is -2.27. The molecule has 0 amide bonds. The molecule has 1 aliphatic rings. The van der Waals surface area contributed by atoms with Crippen molar-refractivity contribution in [2.75, 3.05) is 31.2 Å². The number of morpholine rings is 1. The topological polar surface area (TPSA) is 55.5 Å². The molecule has 0 aromatic carbocycles. The molecule has 0 bridgehead atoms. The van der Waals surface area contributed by atoms with Crippen LogP contribution in [0.2, 0.25) is 0 Å². The second-order valence-corrected chi connectivity index (χ2v) is 3.42. The van der Waals surface area contributed by atoms with Crippen LogP contribution in [0, 0.1) is 0 Å². The molecule has 78 valence electrons. The number of aromatic nitrogens is 4. The highest BCUT2D eigenvalue weighted by Crippen LogP contribution is 2.12. The average molecular weight is 205 g/mol. The van der Waals surface area contributed by atoms with Gasteiger partial charge in [0.1, 0.15) is 12.1 Å². The van der Waals surface area contributed by atoms with Crippen molar-refractivity contribution in [3.63, 3.8) is 0 Å². The summed E-state index contributed by atoms with van der Waals surface area (Å²) < 4.78 is 6.98. The molecule has 0 N–H and O–H groups in total. The van der Waals surface area contributed by atoms with Gasteiger partial charge >= 0.3 is 0 Å². The van der Waals surface area contributed by atoms with Gasteiger partial charge in [-0.05, 0) is 12.1 Å². The molecular weight excluding hydrogens is 194 g/mol. The lowest BCUT2D eigenvalue weighted by atomic mass is 10.4. The molecule has 0 radical (unpaired) electrons. The van der Waals surface area contributed by atoms with Gasteiger partial charge in [0.05, 0.1) is 13.2 Å². The Morgan fingerprint density at radius 2 is 2.07 bits per heavy atom. The molecule has 0 unspecified atom stereocenters. The number of rotatable bonds is 1. The van der Waals surface area contributed by atoms with E-state index in [1.165, 1.54) is 0 Å². The number of nitrogens with zero attached hydrogens (tertiary/aromatic N) is 5. The van der Waals surface area contributed by atoms with Gasteiger partial charge in [-0.25, -0.2) is 0 Å². The van der Waals surface area contributed by atoms with Crippen molar-refractivity contribution >= 4 is 11.5 Å². The Bertz CT molecular complexity index is 462. The first-order valence-electron chi connectivity index (χ1n) is 4.93. The Morgan fingerprint density at radius 3 is 2.93 bits per heavy atom. The third kappa shape index (κ3) is 1.52. The maximum absolute atomic E-state index is 5.29. The van der Waals surface area contributed by atoms with Crippen LogP contribution in [0.5, 0.6) is 0 Å². The van der Waals surface area contributed by atoms with Crippen LogP contribution < -0.4 is 4.90 Å². The summed E-state index contributed by atoms with van der Waals surface area (Å²) in [7, 11) is 0. The van der Waals surface area contributed by atoms with Gasteiger partial charge in [-0.15, -0.1) is 15.3 Å². The van der Waals surface area contributed by atoms with Crippen molar-refractivity contribution in [2.45, 2.75) is 0 Å². The summed E-state index contributed by atoms with van der Waals surface area (Å²) in [5.74, 6) is 0.950. The maximum Gasteiger partial charge on any atom is 0.177 e. The first-order chi connectivity index (χ1) is 7.43. The van der Waals surface area contributed by atoms with Crippen LogP contribution in [0.1, 0.15) is 0 Å². The van der Waals surface area contributed by atoms with Crippen molar-refractivity contribution in [3.05, 3.63) is 18.5 Å². The standard InChI is InChI=1S/C9H11N5O/c1-2-9(13-3-5-15-6-4-13)12-14-7-10-11-8(1)14/h1-2,7H,3-6H2. The first-order valence-corrected chi connectivity index (χ1v) is 4.93. The van der Waals surface area contributed by atoms with Gasteiger partial charge < -0.3 is 9.64 Å². The van der Waals surface area contributed by atoms with E-state index in [1.807, 2.05) is 12.1 Å². The summed E-state index contributed by atoms with van der Waals surface area (Å²) in [6.45, 7) is 3.31. The van der Waals surface area contributed by atoms with E-state index in [-0.39, 0.29) is 0 Å². The van der Waals surface area contributed by atoms with Gasteiger partial charge in [0, 0.05) is 13.1 Å². The summed E-state index contributed by atoms with van der Waals surface area (Å²) in [5, 5.41) is 12.1. The number of fused-ring (bicyclic) bond motifs is 1. The Morgan fingerprint density at radius 1 is 1.20 bits per heavy atom. The summed E-state index contributed by atoms with van der Waals surface area (Å²) in [6.07, 6.45) is 1.61. The zero-order valence-corrected chi connectivity index (χ0v) is 8.20. The highest BCUT2D eigenvalue weighted by Gasteiger charge is 2.12. The van der Waals surface area contributed by atoms with Gasteiger partial charge in [-0.3, -0.25) is 0 Å². The van der Waals surface area contributed by atoms with Crippen molar-refractivity contribution in [2.24, 2.45) is 0 Å². The largest absolute Gasteiger partial charge is 0.378 e. The highest BCUT2D eigenvalue weighted by molar-refractivity contribution is 5.45. The van der Waals surface area contributed by atoms with Gasteiger partial charge in [-0.1, -0.05) is 0 Å². The number of hydrogen-bond donors (Lipinski definition) is 0. The number of ether oxygens (including phenoxy) is 1. The predicted molar refractivity (Wildman–Crippen MR) is 53.8 cm³/mol. The van der Waals surface area contributed by atoms with Gasteiger partial charge in [-0.2, -0.15) is 4.52 Å². The van der Waals surface area contributed by atoms with E-state index in [0.29, 0.717) is 0 Å². The second kappa shape index (κ2) is 3.47. The van der Waals surface area contributed by atoms with E-state index < -0.39 is 0 Å². The maximum atomic E-state index is 5.29. The van der Waals surface area contributed by atoms with Crippen molar-refractivity contribution in [1.82, 2.24) is 19.8 Å². The molecule has 15 heavy (non-hydrogen) atoms. The lowest BCUT2D eigenvalue weighted by molar-refractivity contribution is 0.122. The molecule has 6 nitrogen and oxygen atoms in total. The molecule has 3 heterocycles. The molecular formula is C9H11N5O. The molecule has 0 saturated carbocycles. The summed E-state index contributed by atoms with van der Waals surface area (Å²) in [5.41, 5.74) is 0.770. The van der Waals surface area contributed by atoms with Crippen molar-refractivity contribution in [1.29, 1.82) is 0 Å². The molecule has 2 aromatic heterocycles. The molecule has 3 rings (SSSR count). The van der Waals surface area contributed by atoms with E-state index in [0.717, 1.165) is 37.8 Å². The van der Waals surface area contributed by atoms with Crippen molar-refractivity contribution in [3.8, 4) is 0 Å². The minimum Gasteiger partial charge on any atom is -0.378 e. The van der Waals surface area contributed by atoms with Crippen LogP contribution in [-0.4, -0.2) is 46.1 Å². The van der Waals surface area contributed by atoms with Crippen LogP contribution in [0.3, 0.4) is 0 Å². The van der Waals surface area contributed by atoms with Crippen LogP contribution in [0.15, 0.2) is 18.5 Å². The minimum atomic E-state index is 0.766. The molecule has 1 aliphatic heterocycles. The van der Waals surface area contributed by atoms with E-state index in [1.54, 1.807) is 10.8 Å². The van der Waals surface area contributed by atoms with E-state index in [2.05, 4.69) is 20.2 Å². The summed E-state index contributed by atoms with van der Waals surface area (Å²) >= 11 is 0. The van der Waals surface area contributed by atoms with Crippen LogP contribution >= 0.6 is 0 Å². The molecule has 0 atom stereocenters.